The zero-order valence-electron chi connectivity index (χ0n) is 11.0. The lowest BCUT2D eigenvalue weighted by Crippen LogP contribution is -2.46. The first kappa shape index (κ1) is 13.0. The van der Waals surface area contributed by atoms with Crippen LogP contribution in [0.2, 0.25) is 0 Å². The van der Waals surface area contributed by atoms with E-state index < -0.39 is 0 Å². The summed E-state index contributed by atoms with van der Waals surface area (Å²) in [5.41, 5.74) is 2.12. The van der Waals surface area contributed by atoms with Gasteiger partial charge in [-0.25, -0.2) is 0 Å². The van der Waals surface area contributed by atoms with Gasteiger partial charge in [-0.1, -0.05) is 41.6 Å². The first-order valence-corrected chi connectivity index (χ1v) is 7.90. The van der Waals surface area contributed by atoms with Crippen molar-refractivity contribution < 1.29 is 4.79 Å². The van der Waals surface area contributed by atoms with Gasteiger partial charge in [-0.05, 0) is 31.0 Å². The molecule has 19 heavy (non-hydrogen) atoms. The van der Waals surface area contributed by atoms with Gasteiger partial charge in [-0.15, -0.1) is 0 Å². The van der Waals surface area contributed by atoms with E-state index in [-0.39, 0.29) is 5.91 Å². The number of halogens is 1. The molecule has 1 amide bonds. The minimum absolute atomic E-state index is 0.206. The molecule has 2 aliphatic rings. The minimum atomic E-state index is 0.206. The van der Waals surface area contributed by atoms with Gasteiger partial charge in [-0.3, -0.25) is 4.79 Å². The van der Waals surface area contributed by atoms with E-state index in [0.717, 1.165) is 28.7 Å². The summed E-state index contributed by atoms with van der Waals surface area (Å²) in [5, 5.41) is 3.21. The van der Waals surface area contributed by atoms with Crippen molar-refractivity contribution in [1.29, 1.82) is 0 Å². The Kier molecular flexibility index (Phi) is 3.78. The normalized spacial score (nSPS) is 20.7. The Hall–Kier alpha value is -1.03. The molecule has 0 saturated heterocycles. The number of benzene rings is 1. The van der Waals surface area contributed by atoms with Gasteiger partial charge in [0.05, 0.1) is 17.9 Å². The SMILES string of the molecule is O=C1CNc2ccc(Br)cc2N1C1CCCCCC1. The molecule has 3 rings (SSSR count). The highest BCUT2D eigenvalue weighted by Crippen LogP contribution is 2.36. The molecule has 0 radical (unpaired) electrons. The highest BCUT2D eigenvalue weighted by Gasteiger charge is 2.30. The third-order valence-electron chi connectivity index (χ3n) is 4.11. The lowest BCUT2D eigenvalue weighted by molar-refractivity contribution is -0.117. The number of nitrogens with zero attached hydrogens (tertiary/aromatic N) is 1. The maximum Gasteiger partial charge on any atom is 0.246 e. The van der Waals surface area contributed by atoms with Crippen LogP contribution < -0.4 is 10.2 Å². The summed E-state index contributed by atoms with van der Waals surface area (Å²) in [7, 11) is 0. The summed E-state index contributed by atoms with van der Waals surface area (Å²) in [5.74, 6) is 0.206. The molecule has 1 aromatic rings. The third-order valence-corrected chi connectivity index (χ3v) is 4.60. The van der Waals surface area contributed by atoms with Crippen molar-refractivity contribution in [2.75, 3.05) is 16.8 Å². The number of rotatable bonds is 1. The van der Waals surface area contributed by atoms with Crippen molar-refractivity contribution in [3.63, 3.8) is 0 Å². The van der Waals surface area contributed by atoms with Gasteiger partial charge in [0.2, 0.25) is 5.91 Å². The number of fused-ring (bicyclic) bond motifs is 1. The molecule has 1 heterocycles. The van der Waals surface area contributed by atoms with E-state index in [1.807, 2.05) is 11.0 Å². The second-order valence-electron chi connectivity index (χ2n) is 5.42. The standard InChI is InChI=1S/C15H19BrN2O/c16-11-7-8-13-14(9-11)18(15(19)10-17-13)12-5-3-1-2-4-6-12/h7-9,12,17H,1-6,10H2. The van der Waals surface area contributed by atoms with E-state index in [1.165, 1.54) is 25.7 Å². The molecule has 102 valence electrons. The molecule has 0 bridgehead atoms. The molecule has 4 heteroatoms. The molecule has 1 aromatic carbocycles. The van der Waals surface area contributed by atoms with Crippen LogP contribution in [-0.2, 0) is 4.79 Å². The van der Waals surface area contributed by atoms with Gasteiger partial charge in [0.1, 0.15) is 0 Å². The van der Waals surface area contributed by atoms with Gasteiger partial charge in [0.15, 0.2) is 0 Å². The van der Waals surface area contributed by atoms with Crippen LogP contribution in [-0.4, -0.2) is 18.5 Å². The van der Waals surface area contributed by atoms with E-state index in [0.29, 0.717) is 12.6 Å². The van der Waals surface area contributed by atoms with Crippen LogP contribution in [0.15, 0.2) is 22.7 Å². The molecule has 1 saturated carbocycles. The van der Waals surface area contributed by atoms with Gasteiger partial charge < -0.3 is 10.2 Å². The van der Waals surface area contributed by atoms with Crippen molar-refractivity contribution >= 4 is 33.2 Å². The zero-order chi connectivity index (χ0) is 13.2. The van der Waals surface area contributed by atoms with Crippen LogP contribution in [0.25, 0.3) is 0 Å². The highest BCUT2D eigenvalue weighted by molar-refractivity contribution is 9.10. The van der Waals surface area contributed by atoms with E-state index >= 15 is 0 Å². The maximum absolute atomic E-state index is 12.3. The van der Waals surface area contributed by atoms with Crippen LogP contribution in [0.1, 0.15) is 38.5 Å². The predicted molar refractivity (Wildman–Crippen MR) is 81.6 cm³/mol. The fraction of sp³-hybridized carbons (Fsp3) is 0.533. The monoisotopic (exact) mass is 322 g/mol. The first-order chi connectivity index (χ1) is 9.25. The molecule has 1 fully saturated rings. The Morgan fingerprint density at radius 1 is 1.16 bits per heavy atom. The third kappa shape index (κ3) is 2.64. The topological polar surface area (TPSA) is 32.3 Å². The lowest BCUT2D eigenvalue weighted by Gasteiger charge is -2.36. The molecule has 0 aromatic heterocycles. The van der Waals surface area contributed by atoms with Crippen LogP contribution in [0.3, 0.4) is 0 Å². The lowest BCUT2D eigenvalue weighted by atomic mass is 10.0. The molecule has 0 spiro atoms. The van der Waals surface area contributed by atoms with Crippen molar-refractivity contribution in [3.05, 3.63) is 22.7 Å². The van der Waals surface area contributed by atoms with E-state index in [2.05, 4.69) is 33.4 Å². The maximum atomic E-state index is 12.3. The number of amides is 1. The van der Waals surface area contributed by atoms with E-state index in [9.17, 15) is 4.79 Å². The molecule has 1 N–H and O–H groups in total. The summed E-state index contributed by atoms with van der Waals surface area (Å²) in [4.78, 5) is 14.4. The second kappa shape index (κ2) is 5.53. The fourth-order valence-corrected chi connectivity index (χ4v) is 3.51. The second-order valence-corrected chi connectivity index (χ2v) is 6.34. The smallest absolute Gasteiger partial charge is 0.246 e. The predicted octanol–water partition coefficient (Wildman–Crippen LogP) is 3.93. The van der Waals surface area contributed by atoms with Crippen molar-refractivity contribution in [3.8, 4) is 0 Å². The Labute approximate surface area is 122 Å². The van der Waals surface area contributed by atoms with E-state index in [1.54, 1.807) is 0 Å². The Bertz CT molecular complexity index is 481. The average molecular weight is 323 g/mol. The zero-order valence-corrected chi connectivity index (χ0v) is 12.6. The fourth-order valence-electron chi connectivity index (χ4n) is 3.16. The Morgan fingerprint density at radius 3 is 2.63 bits per heavy atom. The summed E-state index contributed by atoms with van der Waals surface area (Å²) < 4.78 is 1.03. The summed E-state index contributed by atoms with van der Waals surface area (Å²) in [6.45, 7) is 0.422. The number of hydrogen-bond acceptors (Lipinski definition) is 2. The number of anilines is 2. The molecule has 1 aliphatic heterocycles. The average Bonchev–Trinajstić information content (AvgIpc) is 2.67. The van der Waals surface area contributed by atoms with Crippen LogP contribution >= 0.6 is 15.9 Å². The van der Waals surface area contributed by atoms with Gasteiger partial charge in [-0.2, -0.15) is 0 Å². The molecule has 1 aliphatic carbocycles. The first-order valence-electron chi connectivity index (χ1n) is 7.11. The number of nitrogens with one attached hydrogen (secondary N) is 1. The molecule has 0 atom stereocenters. The Balaban J connectivity index is 1.95. The Morgan fingerprint density at radius 2 is 1.89 bits per heavy atom. The minimum Gasteiger partial charge on any atom is -0.374 e. The van der Waals surface area contributed by atoms with Crippen molar-refractivity contribution in [2.24, 2.45) is 0 Å². The quantitative estimate of drug-likeness (QED) is 0.794. The molecular formula is C15H19BrN2O. The van der Waals surface area contributed by atoms with E-state index in [4.69, 9.17) is 0 Å². The molecule has 3 nitrogen and oxygen atoms in total. The highest BCUT2D eigenvalue weighted by atomic mass is 79.9. The molecular weight excluding hydrogens is 304 g/mol. The number of hydrogen-bond donors (Lipinski definition) is 1. The number of carbonyl (C=O) groups excluding carboxylic acids is 1. The summed E-state index contributed by atoms with van der Waals surface area (Å²) >= 11 is 3.51. The van der Waals surface area contributed by atoms with Crippen LogP contribution in [0.4, 0.5) is 11.4 Å². The van der Waals surface area contributed by atoms with Gasteiger partial charge >= 0.3 is 0 Å². The van der Waals surface area contributed by atoms with Crippen LogP contribution in [0.5, 0.6) is 0 Å². The summed E-state index contributed by atoms with van der Waals surface area (Å²) in [6.07, 6.45) is 7.37. The van der Waals surface area contributed by atoms with Gasteiger partial charge in [0.25, 0.3) is 0 Å². The number of carbonyl (C=O) groups is 1. The van der Waals surface area contributed by atoms with Crippen LogP contribution in [0, 0.1) is 0 Å². The largest absolute Gasteiger partial charge is 0.374 e. The van der Waals surface area contributed by atoms with Gasteiger partial charge in [0, 0.05) is 10.5 Å². The summed E-state index contributed by atoms with van der Waals surface area (Å²) in [6, 6.07) is 6.51. The van der Waals surface area contributed by atoms with Crippen molar-refractivity contribution in [1.82, 2.24) is 0 Å². The molecule has 0 unspecified atom stereocenters. The van der Waals surface area contributed by atoms with Crippen molar-refractivity contribution in [2.45, 2.75) is 44.6 Å².